The Hall–Kier alpha value is -3.78. The second-order valence-electron chi connectivity index (χ2n) is 7.08. The van der Waals surface area contributed by atoms with Crippen molar-refractivity contribution in [1.82, 2.24) is 4.98 Å². The van der Waals surface area contributed by atoms with Crippen LogP contribution >= 0.6 is 0 Å². The van der Waals surface area contributed by atoms with Crippen molar-refractivity contribution in [3.05, 3.63) is 83.4 Å². The fraction of sp³-hybridized carbons (Fsp3) is 0.167. The molecule has 0 amide bonds. The molecule has 0 spiro atoms. The molecule has 32 heavy (non-hydrogen) atoms. The summed E-state index contributed by atoms with van der Waals surface area (Å²) in [6, 6.07) is 12.4. The topological polar surface area (TPSA) is 87.6 Å². The van der Waals surface area contributed by atoms with Crippen LogP contribution in [0.25, 0.3) is 22.1 Å². The molecule has 0 radical (unpaired) electrons. The normalized spacial score (nSPS) is 11.0. The minimum atomic E-state index is -0.781. The molecule has 0 aliphatic rings. The number of methoxy groups -OCH3 is 1. The van der Waals surface area contributed by atoms with E-state index in [1.807, 2.05) is 0 Å². The summed E-state index contributed by atoms with van der Waals surface area (Å²) in [7, 11) is 1.32. The van der Waals surface area contributed by atoms with E-state index in [9.17, 15) is 13.6 Å². The van der Waals surface area contributed by atoms with Crippen molar-refractivity contribution in [2.45, 2.75) is 19.6 Å². The zero-order chi connectivity index (χ0) is 22.7. The summed E-state index contributed by atoms with van der Waals surface area (Å²) in [5.41, 5.74) is 7.78. The van der Waals surface area contributed by atoms with Crippen LogP contribution in [-0.2, 0) is 29.1 Å². The molecular weight excluding hydrogens is 418 g/mol. The maximum absolute atomic E-state index is 14.9. The summed E-state index contributed by atoms with van der Waals surface area (Å²) in [6.07, 6.45) is 1.51. The first-order valence-corrected chi connectivity index (χ1v) is 9.83. The van der Waals surface area contributed by atoms with E-state index in [2.05, 4.69) is 4.98 Å². The number of nitrogens with two attached hydrogens (primary N) is 1. The summed E-state index contributed by atoms with van der Waals surface area (Å²) >= 11 is 0. The third kappa shape index (κ3) is 4.31. The Kier molecular flexibility index (Phi) is 6.13. The number of para-hydroxylation sites is 1. The number of furan rings is 1. The second kappa shape index (κ2) is 9.15. The number of hydrogen-bond donors (Lipinski definition) is 1. The molecule has 8 heteroatoms. The monoisotopic (exact) mass is 438 g/mol. The van der Waals surface area contributed by atoms with E-state index in [0.717, 1.165) is 0 Å². The fourth-order valence-corrected chi connectivity index (χ4v) is 3.48. The molecule has 0 aliphatic carbocycles. The van der Waals surface area contributed by atoms with Crippen LogP contribution in [0.4, 0.5) is 8.78 Å². The molecule has 2 aromatic heterocycles. The SMILES string of the molecule is COC(=O)Cc1ccccc1OCc1cc(-c2ccnc(CN)c2F)c2oc(F)cc2c1. The number of ether oxygens (including phenoxy) is 2. The lowest BCUT2D eigenvalue weighted by atomic mass is 10.00. The van der Waals surface area contributed by atoms with Gasteiger partial charge in [-0.25, -0.2) is 4.39 Å². The third-order valence-corrected chi connectivity index (χ3v) is 5.02. The quantitative estimate of drug-likeness (QED) is 0.427. The van der Waals surface area contributed by atoms with E-state index in [1.54, 1.807) is 36.4 Å². The van der Waals surface area contributed by atoms with Crippen molar-refractivity contribution in [1.29, 1.82) is 0 Å². The van der Waals surface area contributed by atoms with Gasteiger partial charge in [0.15, 0.2) is 5.82 Å². The Labute approximate surface area is 182 Å². The predicted molar refractivity (Wildman–Crippen MR) is 114 cm³/mol. The maximum atomic E-state index is 14.9. The lowest BCUT2D eigenvalue weighted by Crippen LogP contribution is -2.07. The van der Waals surface area contributed by atoms with E-state index in [1.165, 1.54) is 25.4 Å². The van der Waals surface area contributed by atoms with Crippen molar-refractivity contribution in [2.24, 2.45) is 5.73 Å². The predicted octanol–water partition coefficient (Wildman–Crippen LogP) is 4.53. The van der Waals surface area contributed by atoms with Gasteiger partial charge in [-0.2, -0.15) is 4.39 Å². The van der Waals surface area contributed by atoms with Crippen molar-refractivity contribution in [3.8, 4) is 16.9 Å². The van der Waals surface area contributed by atoms with Crippen molar-refractivity contribution in [3.63, 3.8) is 0 Å². The van der Waals surface area contributed by atoms with Crippen LogP contribution in [0.5, 0.6) is 5.75 Å². The molecular formula is C24H20F2N2O4. The van der Waals surface area contributed by atoms with Gasteiger partial charge in [0, 0.05) is 40.9 Å². The second-order valence-corrected chi connectivity index (χ2v) is 7.08. The lowest BCUT2D eigenvalue weighted by molar-refractivity contribution is -0.139. The minimum absolute atomic E-state index is 0.0635. The molecule has 0 aliphatic heterocycles. The van der Waals surface area contributed by atoms with Crippen LogP contribution < -0.4 is 10.5 Å². The lowest BCUT2D eigenvalue weighted by Gasteiger charge is -2.13. The third-order valence-electron chi connectivity index (χ3n) is 5.02. The molecule has 0 bridgehead atoms. The molecule has 0 fully saturated rings. The first kappa shape index (κ1) is 21.5. The van der Waals surface area contributed by atoms with Crippen molar-refractivity contribution in [2.75, 3.05) is 7.11 Å². The average Bonchev–Trinajstić information content (AvgIpc) is 3.18. The number of carbonyl (C=O) groups excluding carboxylic acids is 1. The van der Waals surface area contributed by atoms with Gasteiger partial charge in [-0.15, -0.1) is 0 Å². The molecule has 2 N–H and O–H groups in total. The van der Waals surface area contributed by atoms with E-state index >= 15 is 0 Å². The summed E-state index contributed by atoms with van der Waals surface area (Å²) in [6.45, 7) is 0.0273. The van der Waals surface area contributed by atoms with Gasteiger partial charge in [-0.1, -0.05) is 18.2 Å². The Morgan fingerprint density at radius 3 is 2.72 bits per heavy atom. The first-order chi connectivity index (χ1) is 15.5. The zero-order valence-electron chi connectivity index (χ0n) is 17.2. The van der Waals surface area contributed by atoms with Gasteiger partial charge in [0.05, 0.1) is 19.2 Å². The highest BCUT2D eigenvalue weighted by molar-refractivity contribution is 5.93. The number of benzene rings is 2. The Balaban J connectivity index is 1.71. The number of carbonyl (C=O) groups is 1. The van der Waals surface area contributed by atoms with Gasteiger partial charge in [-0.3, -0.25) is 9.78 Å². The number of nitrogens with zero attached hydrogens (tertiary/aromatic N) is 1. The number of pyridine rings is 1. The van der Waals surface area contributed by atoms with Gasteiger partial charge >= 0.3 is 5.97 Å². The molecule has 4 aromatic rings. The molecule has 0 atom stereocenters. The standard InChI is InChI=1S/C24H20F2N2O4/c1-30-22(29)11-15-4-2-3-5-20(15)31-13-14-8-16-10-21(25)32-24(16)18(9-14)17-6-7-28-19(12-27)23(17)26/h2-10H,11-13,27H2,1H3. The number of aromatic nitrogens is 1. The largest absolute Gasteiger partial charge is 0.489 e. The van der Waals surface area contributed by atoms with Gasteiger partial charge in [0.1, 0.15) is 17.9 Å². The maximum Gasteiger partial charge on any atom is 0.310 e. The summed E-state index contributed by atoms with van der Waals surface area (Å²) in [4.78, 5) is 15.6. The van der Waals surface area contributed by atoms with Crippen molar-refractivity contribution < 1.29 is 27.5 Å². The van der Waals surface area contributed by atoms with Gasteiger partial charge in [0.25, 0.3) is 6.01 Å². The van der Waals surface area contributed by atoms with Crippen LogP contribution in [0.2, 0.25) is 0 Å². The molecule has 0 unspecified atom stereocenters. The van der Waals surface area contributed by atoms with E-state index in [-0.39, 0.29) is 42.4 Å². The molecule has 4 rings (SSSR count). The highest BCUT2D eigenvalue weighted by Crippen LogP contribution is 2.34. The highest BCUT2D eigenvalue weighted by Gasteiger charge is 2.18. The molecule has 2 heterocycles. The smallest absolute Gasteiger partial charge is 0.310 e. The van der Waals surface area contributed by atoms with Crippen LogP contribution in [0.1, 0.15) is 16.8 Å². The van der Waals surface area contributed by atoms with Crippen LogP contribution in [0.3, 0.4) is 0 Å². The summed E-state index contributed by atoms with van der Waals surface area (Å²) in [5.74, 6) is -0.462. The summed E-state index contributed by atoms with van der Waals surface area (Å²) in [5, 5.41) is 0.465. The van der Waals surface area contributed by atoms with Gasteiger partial charge < -0.3 is 19.6 Å². The van der Waals surface area contributed by atoms with E-state index in [4.69, 9.17) is 19.6 Å². The van der Waals surface area contributed by atoms with Crippen LogP contribution in [-0.4, -0.2) is 18.1 Å². The fourth-order valence-electron chi connectivity index (χ4n) is 3.48. The van der Waals surface area contributed by atoms with Crippen LogP contribution in [0.15, 0.2) is 59.1 Å². The highest BCUT2D eigenvalue weighted by atomic mass is 19.1. The Morgan fingerprint density at radius 2 is 1.94 bits per heavy atom. The number of rotatable bonds is 7. The molecule has 0 saturated heterocycles. The Bertz CT molecular complexity index is 1290. The zero-order valence-corrected chi connectivity index (χ0v) is 17.2. The Morgan fingerprint density at radius 1 is 1.12 bits per heavy atom. The van der Waals surface area contributed by atoms with Gasteiger partial charge in [-0.05, 0) is 29.8 Å². The number of hydrogen-bond acceptors (Lipinski definition) is 6. The molecule has 6 nitrogen and oxygen atoms in total. The van der Waals surface area contributed by atoms with Crippen LogP contribution in [0, 0.1) is 11.8 Å². The van der Waals surface area contributed by atoms with Crippen molar-refractivity contribution >= 4 is 16.9 Å². The molecule has 2 aromatic carbocycles. The number of fused-ring (bicyclic) bond motifs is 1. The molecule has 0 saturated carbocycles. The average molecular weight is 438 g/mol. The molecule has 164 valence electrons. The van der Waals surface area contributed by atoms with Gasteiger partial charge in [0.2, 0.25) is 0 Å². The van der Waals surface area contributed by atoms with E-state index < -0.39 is 11.8 Å². The van der Waals surface area contributed by atoms with E-state index in [0.29, 0.717) is 27.8 Å². The first-order valence-electron chi connectivity index (χ1n) is 9.83. The number of halogens is 2. The summed E-state index contributed by atoms with van der Waals surface area (Å²) < 4.78 is 44.7. The number of esters is 1. The minimum Gasteiger partial charge on any atom is -0.489 e.